The molecule has 14 heavy (non-hydrogen) atoms. The van der Waals surface area contributed by atoms with Crippen LogP contribution in [0.1, 0.15) is 11.6 Å². The second-order valence-electron chi connectivity index (χ2n) is 3.59. The predicted molar refractivity (Wildman–Crippen MR) is 60.3 cm³/mol. The van der Waals surface area contributed by atoms with Crippen LogP contribution >= 0.6 is 15.9 Å². The van der Waals surface area contributed by atoms with Gasteiger partial charge in [-0.3, -0.25) is 4.90 Å². The number of likely N-dealkylation sites (N-methyl/N-ethyl adjacent to an activating group) is 1. The Bertz CT molecular complexity index is 316. The molecule has 1 aliphatic rings. The van der Waals surface area contributed by atoms with Crippen molar-refractivity contribution in [1.82, 2.24) is 4.90 Å². The van der Waals surface area contributed by atoms with Crippen molar-refractivity contribution in [3.63, 3.8) is 0 Å². The van der Waals surface area contributed by atoms with Gasteiger partial charge in [0.25, 0.3) is 0 Å². The topological polar surface area (TPSA) is 12.5 Å². The van der Waals surface area contributed by atoms with Crippen LogP contribution in [-0.4, -0.2) is 31.7 Å². The van der Waals surface area contributed by atoms with Crippen molar-refractivity contribution in [3.05, 3.63) is 34.3 Å². The standard InChI is InChI=1S/C11H14BrNO/c1-13-6-7-14-8-11(13)9-4-2-3-5-10(9)12/h2-5,11H,6-8H2,1H3. The second-order valence-corrected chi connectivity index (χ2v) is 4.45. The molecule has 1 heterocycles. The lowest BCUT2D eigenvalue weighted by Crippen LogP contribution is -2.36. The second kappa shape index (κ2) is 4.43. The largest absolute Gasteiger partial charge is 0.378 e. The van der Waals surface area contributed by atoms with E-state index >= 15 is 0 Å². The molecule has 0 N–H and O–H groups in total. The number of nitrogens with zero attached hydrogens (tertiary/aromatic N) is 1. The van der Waals surface area contributed by atoms with E-state index in [1.165, 1.54) is 10.0 Å². The molecule has 1 aromatic rings. The fourth-order valence-electron chi connectivity index (χ4n) is 1.76. The Kier molecular flexibility index (Phi) is 3.21. The van der Waals surface area contributed by atoms with Crippen LogP contribution in [0, 0.1) is 0 Å². The van der Waals surface area contributed by atoms with Crippen LogP contribution in [0.15, 0.2) is 28.7 Å². The molecule has 2 rings (SSSR count). The molecule has 1 saturated heterocycles. The van der Waals surface area contributed by atoms with Crippen molar-refractivity contribution in [2.24, 2.45) is 0 Å². The number of benzene rings is 1. The molecule has 0 aliphatic carbocycles. The molecule has 1 unspecified atom stereocenters. The Morgan fingerprint density at radius 1 is 1.43 bits per heavy atom. The number of halogens is 1. The number of hydrogen-bond donors (Lipinski definition) is 0. The molecule has 0 amide bonds. The van der Waals surface area contributed by atoms with E-state index in [4.69, 9.17) is 4.74 Å². The molecule has 1 fully saturated rings. The summed E-state index contributed by atoms with van der Waals surface area (Å²) >= 11 is 3.58. The van der Waals surface area contributed by atoms with Gasteiger partial charge in [0, 0.05) is 11.0 Å². The highest BCUT2D eigenvalue weighted by atomic mass is 79.9. The lowest BCUT2D eigenvalue weighted by Gasteiger charge is -2.33. The Hall–Kier alpha value is -0.380. The van der Waals surface area contributed by atoms with Crippen LogP contribution < -0.4 is 0 Å². The van der Waals surface area contributed by atoms with Gasteiger partial charge in [0.15, 0.2) is 0 Å². The monoisotopic (exact) mass is 255 g/mol. The molecule has 0 bridgehead atoms. The maximum absolute atomic E-state index is 5.50. The van der Waals surface area contributed by atoms with Crippen LogP contribution in [0.25, 0.3) is 0 Å². The summed E-state index contributed by atoms with van der Waals surface area (Å²) in [5, 5.41) is 0. The molecule has 2 nitrogen and oxygen atoms in total. The minimum atomic E-state index is 0.388. The molecule has 0 radical (unpaired) electrons. The lowest BCUT2D eigenvalue weighted by atomic mass is 10.1. The summed E-state index contributed by atoms with van der Waals surface area (Å²) in [6.07, 6.45) is 0. The van der Waals surface area contributed by atoms with Gasteiger partial charge >= 0.3 is 0 Å². The first-order valence-electron chi connectivity index (χ1n) is 4.81. The average Bonchev–Trinajstić information content (AvgIpc) is 2.20. The fraction of sp³-hybridized carbons (Fsp3) is 0.455. The quantitative estimate of drug-likeness (QED) is 0.765. The van der Waals surface area contributed by atoms with Gasteiger partial charge in [-0.15, -0.1) is 0 Å². The van der Waals surface area contributed by atoms with E-state index in [1.807, 2.05) is 6.07 Å². The molecule has 1 atom stereocenters. The van der Waals surface area contributed by atoms with Gasteiger partial charge < -0.3 is 4.74 Å². The zero-order valence-corrected chi connectivity index (χ0v) is 9.83. The van der Waals surface area contributed by atoms with Gasteiger partial charge in [0.2, 0.25) is 0 Å². The number of hydrogen-bond acceptors (Lipinski definition) is 2. The average molecular weight is 256 g/mol. The van der Waals surface area contributed by atoms with E-state index in [-0.39, 0.29) is 0 Å². The zero-order chi connectivity index (χ0) is 9.97. The molecule has 76 valence electrons. The summed E-state index contributed by atoms with van der Waals surface area (Å²) in [4.78, 5) is 2.34. The smallest absolute Gasteiger partial charge is 0.0664 e. The van der Waals surface area contributed by atoms with Crippen molar-refractivity contribution in [1.29, 1.82) is 0 Å². The number of rotatable bonds is 1. The number of ether oxygens (including phenoxy) is 1. The molecule has 1 aliphatic heterocycles. The highest BCUT2D eigenvalue weighted by Gasteiger charge is 2.22. The van der Waals surface area contributed by atoms with Gasteiger partial charge in [-0.05, 0) is 18.7 Å². The first-order chi connectivity index (χ1) is 6.79. The van der Waals surface area contributed by atoms with E-state index in [0.29, 0.717) is 6.04 Å². The Labute approximate surface area is 93.0 Å². The van der Waals surface area contributed by atoms with Crippen molar-refractivity contribution >= 4 is 15.9 Å². The first kappa shape index (κ1) is 10.1. The third-order valence-electron chi connectivity index (χ3n) is 2.66. The van der Waals surface area contributed by atoms with Gasteiger partial charge in [-0.2, -0.15) is 0 Å². The summed E-state index contributed by atoms with van der Waals surface area (Å²) in [5.74, 6) is 0. The van der Waals surface area contributed by atoms with Crippen LogP contribution in [0.3, 0.4) is 0 Å². The normalized spacial score (nSPS) is 23.7. The summed E-state index contributed by atoms with van der Waals surface area (Å²) in [6.45, 7) is 2.64. The molecule has 0 aromatic heterocycles. The Morgan fingerprint density at radius 2 is 2.21 bits per heavy atom. The minimum Gasteiger partial charge on any atom is -0.378 e. The summed E-state index contributed by atoms with van der Waals surface area (Å²) in [7, 11) is 2.15. The maximum Gasteiger partial charge on any atom is 0.0664 e. The number of morpholine rings is 1. The fourth-order valence-corrected chi connectivity index (χ4v) is 2.31. The SMILES string of the molecule is CN1CCOCC1c1ccccc1Br. The van der Waals surface area contributed by atoms with E-state index < -0.39 is 0 Å². The minimum absolute atomic E-state index is 0.388. The summed E-state index contributed by atoms with van der Waals surface area (Å²) in [5.41, 5.74) is 1.31. The molecular formula is C11H14BrNO. The van der Waals surface area contributed by atoms with E-state index in [0.717, 1.165) is 19.8 Å². The third kappa shape index (κ3) is 2.00. The predicted octanol–water partition coefficient (Wildman–Crippen LogP) is 2.45. The first-order valence-corrected chi connectivity index (χ1v) is 5.61. The maximum atomic E-state index is 5.50. The van der Waals surface area contributed by atoms with Crippen LogP contribution in [-0.2, 0) is 4.74 Å². The summed E-state index contributed by atoms with van der Waals surface area (Å²) in [6, 6.07) is 8.73. The third-order valence-corrected chi connectivity index (χ3v) is 3.38. The zero-order valence-electron chi connectivity index (χ0n) is 8.24. The van der Waals surface area contributed by atoms with Crippen molar-refractivity contribution in [3.8, 4) is 0 Å². The van der Waals surface area contributed by atoms with Crippen LogP contribution in [0.5, 0.6) is 0 Å². The van der Waals surface area contributed by atoms with E-state index in [2.05, 4.69) is 46.1 Å². The molecule has 0 spiro atoms. The van der Waals surface area contributed by atoms with Crippen molar-refractivity contribution in [2.45, 2.75) is 6.04 Å². The Morgan fingerprint density at radius 3 is 2.93 bits per heavy atom. The van der Waals surface area contributed by atoms with Gasteiger partial charge in [-0.1, -0.05) is 34.1 Å². The lowest BCUT2D eigenvalue weighted by molar-refractivity contribution is 0.00480. The highest BCUT2D eigenvalue weighted by molar-refractivity contribution is 9.10. The summed E-state index contributed by atoms with van der Waals surface area (Å²) < 4.78 is 6.67. The van der Waals surface area contributed by atoms with Crippen molar-refractivity contribution < 1.29 is 4.74 Å². The van der Waals surface area contributed by atoms with Crippen LogP contribution in [0.4, 0.5) is 0 Å². The van der Waals surface area contributed by atoms with Gasteiger partial charge in [-0.25, -0.2) is 0 Å². The van der Waals surface area contributed by atoms with E-state index in [9.17, 15) is 0 Å². The van der Waals surface area contributed by atoms with Gasteiger partial charge in [0.05, 0.1) is 19.3 Å². The highest BCUT2D eigenvalue weighted by Crippen LogP contribution is 2.28. The van der Waals surface area contributed by atoms with Crippen molar-refractivity contribution in [2.75, 3.05) is 26.8 Å². The van der Waals surface area contributed by atoms with Gasteiger partial charge in [0.1, 0.15) is 0 Å². The molecule has 1 aromatic carbocycles. The van der Waals surface area contributed by atoms with E-state index in [1.54, 1.807) is 0 Å². The molecule has 0 saturated carbocycles. The molecule has 3 heteroatoms. The Balaban J connectivity index is 2.25. The van der Waals surface area contributed by atoms with Crippen LogP contribution in [0.2, 0.25) is 0 Å². The molecular weight excluding hydrogens is 242 g/mol.